The highest BCUT2D eigenvalue weighted by atomic mass is 32.2. The number of benzene rings is 1. The normalized spacial score (nSPS) is 22.2. The molecule has 0 fully saturated rings. The number of nitrogens with one attached hydrogen (secondary N) is 1. The predicted molar refractivity (Wildman–Crippen MR) is 124 cm³/mol. The molecule has 1 aromatic carbocycles. The second-order valence-corrected chi connectivity index (χ2v) is 9.06. The van der Waals surface area contributed by atoms with E-state index in [0.29, 0.717) is 22.7 Å². The Labute approximate surface area is 181 Å². The fourth-order valence-electron chi connectivity index (χ4n) is 3.85. The van der Waals surface area contributed by atoms with Gasteiger partial charge >= 0.3 is 0 Å². The molecule has 4 rings (SSSR count). The van der Waals surface area contributed by atoms with Gasteiger partial charge in [-0.25, -0.2) is 4.99 Å². The summed E-state index contributed by atoms with van der Waals surface area (Å²) in [5.74, 6) is -0.356. The minimum absolute atomic E-state index is 0.0392. The Morgan fingerprint density at radius 1 is 1.33 bits per heavy atom. The molecule has 1 N–H and O–H groups in total. The van der Waals surface area contributed by atoms with E-state index in [-0.39, 0.29) is 17.1 Å². The third-order valence-corrected chi connectivity index (χ3v) is 6.66. The SMILES string of the molecule is Cc1cccc(/C=C2/SC3C=CC(C(=O)NCCC4=CCCCC4)=CC3=NC2=O)c1. The summed E-state index contributed by atoms with van der Waals surface area (Å²) in [5.41, 5.74) is 4.79. The van der Waals surface area contributed by atoms with E-state index in [1.165, 1.54) is 30.2 Å². The van der Waals surface area contributed by atoms with Crippen LogP contribution in [0.4, 0.5) is 0 Å². The molecule has 0 spiro atoms. The van der Waals surface area contributed by atoms with Crippen LogP contribution in [0.5, 0.6) is 0 Å². The van der Waals surface area contributed by atoms with Crippen LogP contribution >= 0.6 is 11.8 Å². The molecule has 1 heterocycles. The molecule has 4 nitrogen and oxygen atoms in total. The zero-order chi connectivity index (χ0) is 20.9. The van der Waals surface area contributed by atoms with Gasteiger partial charge in [-0.05, 0) is 56.7 Å². The number of amides is 2. The lowest BCUT2D eigenvalue weighted by Gasteiger charge is -2.22. The lowest BCUT2D eigenvalue weighted by molar-refractivity contribution is -0.117. The lowest BCUT2D eigenvalue weighted by Crippen LogP contribution is -2.30. The molecule has 1 atom stereocenters. The van der Waals surface area contributed by atoms with Crippen LogP contribution in [-0.2, 0) is 9.59 Å². The first kappa shape index (κ1) is 20.6. The molecule has 0 radical (unpaired) electrons. The summed E-state index contributed by atoms with van der Waals surface area (Å²) in [6.45, 7) is 2.67. The van der Waals surface area contributed by atoms with Crippen molar-refractivity contribution in [3.05, 3.63) is 75.7 Å². The van der Waals surface area contributed by atoms with E-state index in [2.05, 4.69) is 16.4 Å². The summed E-state index contributed by atoms with van der Waals surface area (Å²) in [6.07, 6.45) is 15.5. The number of carbonyl (C=O) groups is 2. The number of rotatable bonds is 5. The van der Waals surface area contributed by atoms with Crippen molar-refractivity contribution in [3.8, 4) is 0 Å². The number of thioether (sulfide) groups is 1. The Morgan fingerprint density at radius 3 is 3.03 bits per heavy atom. The zero-order valence-electron chi connectivity index (χ0n) is 17.2. The monoisotopic (exact) mass is 418 g/mol. The van der Waals surface area contributed by atoms with Crippen molar-refractivity contribution in [2.24, 2.45) is 4.99 Å². The van der Waals surface area contributed by atoms with Crippen LogP contribution in [0.1, 0.15) is 43.2 Å². The van der Waals surface area contributed by atoms with Crippen LogP contribution in [0.3, 0.4) is 0 Å². The fourth-order valence-corrected chi connectivity index (χ4v) is 4.88. The van der Waals surface area contributed by atoms with E-state index in [0.717, 1.165) is 30.4 Å². The zero-order valence-corrected chi connectivity index (χ0v) is 18.0. The highest BCUT2D eigenvalue weighted by molar-refractivity contribution is 8.05. The summed E-state index contributed by atoms with van der Waals surface area (Å²) in [7, 11) is 0. The van der Waals surface area contributed by atoms with Crippen molar-refractivity contribution < 1.29 is 9.59 Å². The maximum Gasteiger partial charge on any atom is 0.283 e. The van der Waals surface area contributed by atoms with Gasteiger partial charge in [-0.15, -0.1) is 11.8 Å². The largest absolute Gasteiger partial charge is 0.352 e. The quantitative estimate of drug-likeness (QED) is 0.545. The summed E-state index contributed by atoms with van der Waals surface area (Å²) >= 11 is 1.48. The van der Waals surface area contributed by atoms with Crippen LogP contribution in [0.25, 0.3) is 6.08 Å². The van der Waals surface area contributed by atoms with Gasteiger partial charge in [0.15, 0.2) is 0 Å². The number of allylic oxidation sites excluding steroid dienone is 2. The number of aryl methyl sites for hydroxylation is 1. The van der Waals surface area contributed by atoms with Gasteiger partial charge in [-0.1, -0.05) is 53.6 Å². The maximum absolute atomic E-state index is 12.5. The number of carbonyl (C=O) groups excluding carboxylic acids is 2. The highest BCUT2D eigenvalue weighted by Gasteiger charge is 2.28. The topological polar surface area (TPSA) is 58.5 Å². The van der Waals surface area contributed by atoms with E-state index < -0.39 is 0 Å². The molecule has 5 heteroatoms. The first-order valence-electron chi connectivity index (χ1n) is 10.5. The summed E-state index contributed by atoms with van der Waals surface area (Å²) in [4.78, 5) is 29.9. The molecule has 0 saturated carbocycles. The van der Waals surface area contributed by atoms with Crippen molar-refractivity contribution in [1.82, 2.24) is 5.32 Å². The van der Waals surface area contributed by atoms with Gasteiger partial charge < -0.3 is 5.32 Å². The van der Waals surface area contributed by atoms with Crippen molar-refractivity contribution in [3.63, 3.8) is 0 Å². The number of nitrogens with zero attached hydrogens (tertiary/aromatic N) is 1. The number of hydrogen-bond acceptors (Lipinski definition) is 3. The highest BCUT2D eigenvalue weighted by Crippen LogP contribution is 2.34. The van der Waals surface area contributed by atoms with E-state index in [4.69, 9.17) is 0 Å². The molecule has 0 saturated heterocycles. The number of aliphatic imine (C=N–C) groups is 1. The molecular weight excluding hydrogens is 392 g/mol. The molecule has 2 amide bonds. The van der Waals surface area contributed by atoms with E-state index in [9.17, 15) is 9.59 Å². The van der Waals surface area contributed by atoms with Crippen LogP contribution < -0.4 is 5.32 Å². The number of fused-ring (bicyclic) bond motifs is 1. The molecule has 30 heavy (non-hydrogen) atoms. The van der Waals surface area contributed by atoms with Crippen LogP contribution in [0.15, 0.2) is 69.6 Å². The Bertz CT molecular complexity index is 1010. The molecule has 0 bridgehead atoms. The first-order valence-corrected chi connectivity index (χ1v) is 11.4. The average molecular weight is 419 g/mol. The minimum Gasteiger partial charge on any atom is -0.352 e. The Kier molecular flexibility index (Phi) is 6.48. The van der Waals surface area contributed by atoms with Gasteiger partial charge in [0.25, 0.3) is 11.8 Å². The number of hydrogen-bond donors (Lipinski definition) is 1. The second-order valence-electron chi connectivity index (χ2n) is 7.88. The van der Waals surface area contributed by atoms with Crippen molar-refractivity contribution in [2.45, 2.75) is 44.3 Å². The summed E-state index contributed by atoms with van der Waals surface area (Å²) < 4.78 is 0. The third-order valence-electron chi connectivity index (χ3n) is 5.46. The maximum atomic E-state index is 12.5. The lowest BCUT2D eigenvalue weighted by atomic mass is 9.97. The van der Waals surface area contributed by atoms with Crippen LogP contribution in [0.2, 0.25) is 0 Å². The second kappa shape index (κ2) is 9.43. The first-order chi connectivity index (χ1) is 14.6. The Hall–Kier alpha value is -2.66. The van der Waals surface area contributed by atoms with Gasteiger partial charge in [0, 0.05) is 12.1 Å². The smallest absolute Gasteiger partial charge is 0.283 e. The molecule has 1 aromatic rings. The van der Waals surface area contributed by atoms with Crippen LogP contribution in [-0.4, -0.2) is 29.3 Å². The van der Waals surface area contributed by atoms with Crippen molar-refractivity contribution >= 4 is 35.4 Å². The molecular formula is C25H26N2O2S. The van der Waals surface area contributed by atoms with Gasteiger partial charge in [0.1, 0.15) is 0 Å². The molecule has 154 valence electrons. The predicted octanol–water partition coefficient (Wildman–Crippen LogP) is 4.92. The van der Waals surface area contributed by atoms with E-state index in [1.807, 2.05) is 49.4 Å². The molecule has 1 unspecified atom stereocenters. The fraction of sp³-hybridized carbons (Fsp3) is 0.320. The van der Waals surface area contributed by atoms with E-state index >= 15 is 0 Å². The van der Waals surface area contributed by atoms with Crippen LogP contribution in [0, 0.1) is 6.92 Å². The summed E-state index contributed by atoms with van der Waals surface area (Å²) in [6, 6.07) is 8.03. The van der Waals surface area contributed by atoms with Gasteiger partial charge in [-0.2, -0.15) is 0 Å². The molecule has 0 aromatic heterocycles. The van der Waals surface area contributed by atoms with Gasteiger partial charge in [0.2, 0.25) is 0 Å². The Balaban J connectivity index is 1.40. The van der Waals surface area contributed by atoms with Gasteiger partial charge in [0.05, 0.1) is 15.9 Å². The van der Waals surface area contributed by atoms with Gasteiger partial charge in [-0.3, -0.25) is 9.59 Å². The van der Waals surface area contributed by atoms with Crippen molar-refractivity contribution in [2.75, 3.05) is 6.54 Å². The summed E-state index contributed by atoms with van der Waals surface area (Å²) in [5, 5.41) is 2.96. The minimum atomic E-state index is -0.247. The standard InChI is InChI=1S/C25H26N2O2S/c1-17-6-5-9-19(14-17)15-23-25(29)27-21-16-20(10-11-22(21)30-23)24(28)26-13-12-18-7-3-2-4-8-18/h5-7,9-11,14-16,22H,2-4,8,12-13H2,1H3,(H,26,28)/b23-15+. The molecule has 2 aliphatic carbocycles. The average Bonchev–Trinajstić information content (AvgIpc) is 2.75. The third kappa shape index (κ3) is 5.08. The Morgan fingerprint density at radius 2 is 2.23 bits per heavy atom. The van der Waals surface area contributed by atoms with E-state index in [1.54, 1.807) is 6.08 Å². The van der Waals surface area contributed by atoms with Crippen molar-refractivity contribution in [1.29, 1.82) is 0 Å². The molecule has 3 aliphatic rings. The molecule has 1 aliphatic heterocycles.